The average Bonchev–Trinajstić information content (AvgIpc) is 2.50. The maximum absolute atomic E-state index is 11.2. The SMILES string of the molecule is O=C([O-])C(O)C(O)C(=O)OB1OC(=O)C(O)C(O)C(=O)O1.[K+]. The number of carbonyl (C=O) groups excluding carboxylic acids is 4. The molecule has 22 heavy (non-hydrogen) atoms. The molecule has 0 saturated carbocycles. The van der Waals surface area contributed by atoms with Gasteiger partial charge in [0.05, 0.1) is 5.97 Å². The van der Waals surface area contributed by atoms with E-state index < -0.39 is 55.6 Å². The molecule has 0 radical (unpaired) electrons. The van der Waals surface area contributed by atoms with E-state index in [0.29, 0.717) is 0 Å². The minimum atomic E-state index is -2.65. The van der Waals surface area contributed by atoms with Crippen molar-refractivity contribution in [2.24, 2.45) is 0 Å². The van der Waals surface area contributed by atoms with Gasteiger partial charge >= 0.3 is 76.6 Å². The molecule has 0 aliphatic carbocycles. The number of hydrogen-bond donors (Lipinski definition) is 4. The van der Waals surface area contributed by atoms with Gasteiger partial charge < -0.3 is 44.3 Å². The van der Waals surface area contributed by atoms with Crippen LogP contribution < -0.4 is 56.5 Å². The first-order valence-corrected chi connectivity index (χ1v) is 5.19. The summed E-state index contributed by atoms with van der Waals surface area (Å²) in [5.41, 5.74) is 0. The molecule has 14 heteroatoms. The van der Waals surface area contributed by atoms with Gasteiger partial charge in [0.1, 0.15) is 6.10 Å². The van der Waals surface area contributed by atoms with Gasteiger partial charge in [-0.15, -0.1) is 0 Å². The van der Waals surface area contributed by atoms with Crippen LogP contribution in [0, 0.1) is 0 Å². The van der Waals surface area contributed by atoms with Gasteiger partial charge in [0.25, 0.3) is 0 Å². The monoisotopic (exact) mass is 346 g/mol. The fourth-order valence-corrected chi connectivity index (χ4v) is 1.08. The summed E-state index contributed by atoms with van der Waals surface area (Å²) in [7, 11) is -2.40. The van der Waals surface area contributed by atoms with Crippen LogP contribution in [-0.2, 0) is 33.1 Å². The van der Waals surface area contributed by atoms with E-state index in [2.05, 4.69) is 14.0 Å². The van der Waals surface area contributed by atoms with E-state index in [4.69, 9.17) is 20.4 Å². The summed E-state index contributed by atoms with van der Waals surface area (Å²) in [5.74, 6) is -7.19. The zero-order chi connectivity index (χ0) is 16.3. The van der Waals surface area contributed by atoms with Crippen molar-refractivity contribution in [1.82, 2.24) is 0 Å². The zero-order valence-corrected chi connectivity index (χ0v) is 14.1. The summed E-state index contributed by atoms with van der Waals surface area (Å²) in [6.07, 6.45) is -9.85. The normalized spacial score (nSPS) is 24.1. The molecule has 0 spiro atoms. The van der Waals surface area contributed by atoms with Crippen LogP contribution in [0.2, 0.25) is 0 Å². The molecule has 116 valence electrons. The summed E-state index contributed by atoms with van der Waals surface area (Å²) in [4.78, 5) is 43.6. The van der Waals surface area contributed by atoms with Gasteiger partial charge in [0.2, 0.25) is 0 Å². The Bertz CT molecular complexity index is 446. The second-order valence-corrected chi connectivity index (χ2v) is 3.70. The summed E-state index contributed by atoms with van der Waals surface area (Å²) < 4.78 is 12.4. The minimum Gasteiger partial charge on any atom is -0.547 e. The van der Waals surface area contributed by atoms with Crippen LogP contribution in [0.25, 0.3) is 0 Å². The Morgan fingerprint density at radius 2 is 1.50 bits per heavy atom. The summed E-state index contributed by atoms with van der Waals surface area (Å²) in [6, 6.07) is 0. The molecule has 4 N–H and O–H groups in total. The number of hydrogen-bond acceptors (Lipinski definition) is 12. The summed E-state index contributed by atoms with van der Waals surface area (Å²) in [5, 5.41) is 46.3. The van der Waals surface area contributed by atoms with Crippen molar-refractivity contribution in [3.8, 4) is 0 Å². The molecule has 1 fully saturated rings. The van der Waals surface area contributed by atoms with Crippen LogP contribution in [-0.4, -0.2) is 76.0 Å². The topological polar surface area (TPSA) is 200 Å². The molecule has 4 atom stereocenters. The molecule has 1 aliphatic rings. The Morgan fingerprint density at radius 1 is 1.09 bits per heavy atom. The fraction of sp³-hybridized carbons (Fsp3) is 0.500. The molecule has 1 heterocycles. The van der Waals surface area contributed by atoms with E-state index in [0.717, 1.165) is 0 Å². The van der Waals surface area contributed by atoms with E-state index in [-0.39, 0.29) is 51.4 Å². The average molecular weight is 346 g/mol. The Balaban J connectivity index is 0.00000441. The van der Waals surface area contributed by atoms with Gasteiger partial charge in [-0.05, 0) is 0 Å². The number of carboxylic acids is 1. The Kier molecular flexibility index (Phi) is 8.66. The molecular formula is C8H8BKO12. The molecule has 1 rings (SSSR count). The third-order valence-electron chi connectivity index (χ3n) is 2.20. The standard InChI is InChI=1S/C8H9BO12.K/c10-1(5(14)15)2(11)6(16)19-9-20-7(17)3(12)4(13)8(18)21-9;/h1-4,10-13H,(H,14,15);/q;+1/p-1. The molecule has 1 saturated heterocycles. The molecule has 12 nitrogen and oxygen atoms in total. The van der Waals surface area contributed by atoms with Gasteiger partial charge in [0.15, 0.2) is 18.3 Å². The van der Waals surface area contributed by atoms with Crippen LogP contribution in [0.3, 0.4) is 0 Å². The molecule has 0 aromatic rings. The minimum absolute atomic E-state index is 0. The third-order valence-corrected chi connectivity index (χ3v) is 2.20. The van der Waals surface area contributed by atoms with E-state index in [1.807, 2.05) is 0 Å². The molecule has 0 bridgehead atoms. The number of aliphatic carboxylic acids is 1. The largest absolute Gasteiger partial charge is 1.00 e. The maximum atomic E-state index is 11.2. The van der Waals surface area contributed by atoms with Crippen molar-refractivity contribution in [1.29, 1.82) is 0 Å². The first-order chi connectivity index (χ1) is 9.65. The van der Waals surface area contributed by atoms with Crippen LogP contribution in [0.15, 0.2) is 0 Å². The molecule has 1 aliphatic heterocycles. The van der Waals surface area contributed by atoms with Crippen molar-refractivity contribution in [3.05, 3.63) is 0 Å². The molecular weight excluding hydrogens is 338 g/mol. The van der Waals surface area contributed by atoms with Gasteiger partial charge in [-0.1, -0.05) is 0 Å². The van der Waals surface area contributed by atoms with Crippen LogP contribution >= 0.6 is 0 Å². The first kappa shape index (κ1) is 21.4. The zero-order valence-electron chi connectivity index (χ0n) is 10.9. The van der Waals surface area contributed by atoms with Crippen molar-refractivity contribution in [2.45, 2.75) is 24.4 Å². The quantitative estimate of drug-likeness (QED) is 0.351. The molecule has 0 amide bonds. The summed E-state index contributed by atoms with van der Waals surface area (Å²) in [6.45, 7) is 0. The fourth-order valence-electron chi connectivity index (χ4n) is 1.08. The van der Waals surface area contributed by atoms with Crippen LogP contribution in [0.1, 0.15) is 0 Å². The third kappa shape index (κ3) is 5.25. The second-order valence-electron chi connectivity index (χ2n) is 3.70. The van der Waals surface area contributed by atoms with E-state index in [9.17, 15) is 24.3 Å². The van der Waals surface area contributed by atoms with Crippen LogP contribution in [0.4, 0.5) is 0 Å². The predicted molar refractivity (Wildman–Crippen MR) is 53.1 cm³/mol. The number of rotatable bonds is 4. The number of carboxylic acid groups (broad SMARTS) is 1. The molecule has 0 aromatic heterocycles. The summed E-state index contributed by atoms with van der Waals surface area (Å²) >= 11 is 0. The molecule has 4 unspecified atom stereocenters. The Labute approximate surface area is 164 Å². The Morgan fingerprint density at radius 3 is 1.86 bits per heavy atom. The van der Waals surface area contributed by atoms with Crippen LogP contribution in [0.5, 0.6) is 0 Å². The Hall–Kier alpha value is -0.579. The van der Waals surface area contributed by atoms with Crippen molar-refractivity contribution in [3.63, 3.8) is 0 Å². The maximum Gasteiger partial charge on any atom is 1.00 e. The van der Waals surface area contributed by atoms with Gasteiger partial charge in [0, 0.05) is 0 Å². The van der Waals surface area contributed by atoms with Gasteiger partial charge in [-0.3, -0.25) is 14.4 Å². The van der Waals surface area contributed by atoms with Gasteiger partial charge in [-0.2, -0.15) is 0 Å². The van der Waals surface area contributed by atoms with E-state index in [1.165, 1.54) is 0 Å². The van der Waals surface area contributed by atoms with Crippen molar-refractivity contribution in [2.75, 3.05) is 0 Å². The first-order valence-electron chi connectivity index (χ1n) is 5.19. The van der Waals surface area contributed by atoms with Crippen molar-refractivity contribution < 1.29 is 110 Å². The predicted octanol–water partition coefficient (Wildman–Crippen LogP) is -9.19. The smallest absolute Gasteiger partial charge is 0.547 e. The molecule has 0 aromatic carbocycles. The van der Waals surface area contributed by atoms with E-state index in [1.54, 1.807) is 0 Å². The van der Waals surface area contributed by atoms with Gasteiger partial charge in [-0.25, -0.2) is 0 Å². The number of aliphatic hydroxyl groups is 4. The number of aliphatic hydroxyl groups excluding tert-OH is 4. The van der Waals surface area contributed by atoms with Crippen molar-refractivity contribution >= 4 is 31.2 Å². The number of carbonyl (C=O) groups is 4. The second kappa shape index (κ2) is 8.90. The van der Waals surface area contributed by atoms with E-state index >= 15 is 0 Å².